The van der Waals surface area contributed by atoms with Gasteiger partial charge >= 0.3 is 0 Å². The number of nitrogens with two attached hydrogens (primary N) is 2. The van der Waals surface area contributed by atoms with Gasteiger partial charge in [0.15, 0.2) is 0 Å². The third-order valence-corrected chi connectivity index (χ3v) is 4.32. The number of nitrogens with one attached hydrogen (secondary N) is 2. The Balaban J connectivity index is 1.96. The predicted molar refractivity (Wildman–Crippen MR) is 106 cm³/mol. The highest BCUT2D eigenvalue weighted by Gasteiger charge is 2.17. The molecule has 0 atom stereocenters. The minimum Gasteiger partial charge on any atom is -0.368 e. The van der Waals surface area contributed by atoms with E-state index in [0.717, 1.165) is 11.4 Å². The van der Waals surface area contributed by atoms with Gasteiger partial charge in [-0.05, 0) is 26.7 Å². The van der Waals surface area contributed by atoms with Crippen LogP contribution in [0.2, 0.25) is 0 Å². The van der Waals surface area contributed by atoms with Crippen molar-refractivity contribution in [3.05, 3.63) is 33.9 Å². The summed E-state index contributed by atoms with van der Waals surface area (Å²) < 4.78 is 0. The first kappa shape index (κ1) is 21.0. The molecular formula is C18H26N8O2. The van der Waals surface area contributed by atoms with E-state index in [1.165, 1.54) is 0 Å². The van der Waals surface area contributed by atoms with Crippen molar-refractivity contribution < 1.29 is 9.59 Å². The summed E-state index contributed by atoms with van der Waals surface area (Å²) in [6.45, 7) is 7.85. The second kappa shape index (κ2) is 9.07. The topological polar surface area (TPSA) is 162 Å². The van der Waals surface area contributed by atoms with Crippen molar-refractivity contribution in [1.82, 2.24) is 30.6 Å². The fourth-order valence-electron chi connectivity index (χ4n) is 2.81. The standard InChI is InChI=1S/C18H26N8O2/c1-5-11-9(3)13(25-17(19)23-11)15(27)21-7-8-22-16(28)14-10(4)12(6-2)24-18(20)26-14/h5-8H2,1-4H3,(H,21,27)(H,22,28)(H2,19,23,25)(H2,20,24,26). The molecule has 0 saturated heterocycles. The highest BCUT2D eigenvalue weighted by Crippen LogP contribution is 2.13. The zero-order valence-electron chi connectivity index (χ0n) is 16.6. The van der Waals surface area contributed by atoms with Crippen LogP contribution in [0.5, 0.6) is 0 Å². The molecule has 2 rings (SSSR count). The van der Waals surface area contributed by atoms with Gasteiger partial charge in [0.25, 0.3) is 11.8 Å². The lowest BCUT2D eigenvalue weighted by atomic mass is 10.1. The second-order valence-corrected chi connectivity index (χ2v) is 6.22. The molecule has 0 radical (unpaired) electrons. The van der Waals surface area contributed by atoms with Crippen molar-refractivity contribution in [2.45, 2.75) is 40.5 Å². The second-order valence-electron chi connectivity index (χ2n) is 6.22. The summed E-state index contributed by atoms with van der Waals surface area (Å²) >= 11 is 0. The van der Waals surface area contributed by atoms with E-state index in [1.807, 2.05) is 13.8 Å². The fourth-order valence-corrected chi connectivity index (χ4v) is 2.81. The molecule has 6 N–H and O–H groups in total. The van der Waals surface area contributed by atoms with Crippen LogP contribution in [0, 0.1) is 13.8 Å². The SMILES string of the molecule is CCc1nc(N)nc(C(=O)NCCNC(=O)c2nc(N)nc(CC)c2C)c1C. The van der Waals surface area contributed by atoms with Gasteiger partial charge in [0.1, 0.15) is 11.4 Å². The Labute approximate surface area is 163 Å². The smallest absolute Gasteiger partial charge is 0.270 e. The molecule has 0 fully saturated rings. The van der Waals surface area contributed by atoms with Gasteiger partial charge in [0.2, 0.25) is 11.9 Å². The third-order valence-electron chi connectivity index (χ3n) is 4.32. The van der Waals surface area contributed by atoms with E-state index in [0.29, 0.717) is 24.0 Å². The summed E-state index contributed by atoms with van der Waals surface area (Å²) in [5, 5.41) is 5.43. The maximum absolute atomic E-state index is 12.4. The van der Waals surface area contributed by atoms with E-state index >= 15 is 0 Å². The molecule has 0 bridgehead atoms. The number of anilines is 2. The third kappa shape index (κ3) is 4.70. The van der Waals surface area contributed by atoms with Crippen LogP contribution in [0.3, 0.4) is 0 Å². The van der Waals surface area contributed by atoms with Gasteiger partial charge < -0.3 is 22.1 Å². The van der Waals surface area contributed by atoms with Crippen LogP contribution in [0.1, 0.15) is 57.3 Å². The van der Waals surface area contributed by atoms with Gasteiger partial charge in [-0.1, -0.05) is 13.8 Å². The molecule has 0 saturated carbocycles. The predicted octanol–water partition coefficient (Wildman–Crippen LogP) is 0.332. The van der Waals surface area contributed by atoms with Crippen molar-refractivity contribution in [2.75, 3.05) is 24.6 Å². The summed E-state index contributed by atoms with van der Waals surface area (Å²) in [5.74, 6) is -0.619. The first-order valence-electron chi connectivity index (χ1n) is 9.10. The van der Waals surface area contributed by atoms with Crippen molar-refractivity contribution >= 4 is 23.7 Å². The number of nitrogens with zero attached hydrogens (tertiary/aromatic N) is 4. The number of amides is 2. The lowest BCUT2D eigenvalue weighted by Gasteiger charge is -2.12. The van der Waals surface area contributed by atoms with Crippen LogP contribution in [-0.4, -0.2) is 44.8 Å². The molecule has 0 aliphatic rings. The minimum atomic E-state index is -0.369. The first-order chi connectivity index (χ1) is 13.3. The van der Waals surface area contributed by atoms with Crippen LogP contribution in [0.25, 0.3) is 0 Å². The van der Waals surface area contributed by atoms with Gasteiger partial charge in [-0.25, -0.2) is 19.9 Å². The van der Waals surface area contributed by atoms with Crippen LogP contribution < -0.4 is 22.1 Å². The maximum atomic E-state index is 12.4. The van der Waals surface area contributed by atoms with E-state index in [1.54, 1.807) is 13.8 Å². The number of hydrogen-bond donors (Lipinski definition) is 4. The maximum Gasteiger partial charge on any atom is 0.270 e. The highest BCUT2D eigenvalue weighted by atomic mass is 16.2. The highest BCUT2D eigenvalue weighted by molar-refractivity contribution is 5.95. The van der Waals surface area contributed by atoms with Gasteiger partial charge in [-0.15, -0.1) is 0 Å². The van der Waals surface area contributed by atoms with Gasteiger partial charge in [0, 0.05) is 35.6 Å². The molecular weight excluding hydrogens is 360 g/mol. The van der Waals surface area contributed by atoms with Crippen molar-refractivity contribution in [3.63, 3.8) is 0 Å². The van der Waals surface area contributed by atoms with Crippen LogP contribution >= 0.6 is 0 Å². The number of rotatable bonds is 7. The van der Waals surface area contributed by atoms with Gasteiger partial charge in [0.05, 0.1) is 0 Å². The molecule has 0 spiro atoms. The number of carbonyl (C=O) groups excluding carboxylic acids is 2. The van der Waals surface area contributed by atoms with E-state index in [4.69, 9.17) is 11.5 Å². The zero-order chi connectivity index (χ0) is 20.8. The van der Waals surface area contributed by atoms with Crippen LogP contribution in [-0.2, 0) is 12.8 Å². The average Bonchev–Trinajstić information content (AvgIpc) is 2.67. The Bertz CT molecular complexity index is 824. The Hall–Kier alpha value is -3.30. The molecule has 10 heteroatoms. The van der Waals surface area contributed by atoms with Crippen LogP contribution in [0.15, 0.2) is 0 Å². The largest absolute Gasteiger partial charge is 0.368 e. The summed E-state index contributed by atoms with van der Waals surface area (Å²) in [5.41, 5.74) is 14.7. The molecule has 0 aliphatic carbocycles. The lowest BCUT2D eigenvalue weighted by Crippen LogP contribution is -2.36. The Kier molecular flexibility index (Phi) is 6.80. The molecule has 2 heterocycles. The quantitative estimate of drug-likeness (QED) is 0.495. The first-order valence-corrected chi connectivity index (χ1v) is 9.10. The summed E-state index contributed by atoms with van der Waals surface area (Å²) in [6, 6.07) is 0. The van der Waals surface area contributed by atoms with Gasteiger partial charge in [-0.2, -0.15) is 0 Å². The number of aryl methyl sites for hydroxylation is 2. The molecule has 0 unspecified atom stereocenters. The minimum absolute atomic E-state index is 0.0597. The Morgan fingerprint density at radius 1 is 0.750 bits per heavy atom. The number of aromatic nitrogens is 4. The monoisotopic (exact) mass is 386 g/mol. The van der Waals surface area contributed by atoms with E-state index in [-0.39, 0.29) is 48.2 Å². The molecule has 28 heavy (non-hydrogen) atoms. The van der Waals surface area contributed by atoms with Gasteiger partial charge in [-0.3, -0.25) is 9.59 Å². The molecule has 2 aromatic rings. The van der Waals surface area contributed by atoms with E-state index < -0.39 is 0 Å². The number of hydrogen-bond acceptors (Lipinski definition) is 8. The molecule has 150 valence electrons. The van der Waals surface area contributed by atoms with Crippen molar-refractivity contribution in [3.8, 4) is 0 Å². The van der Waals surface area contributed by atoms with E-state index in [9.17, 15) is 9.59 Å². The van der Waals surface area contributed by atoms with E-state index in [2.05, 4.69) is 30.6 Å². The Morgan fingerprint density at radius 2 is 1.11 bits per heavy atom. The molecule has 0 aliphatic heterocycles. The lowest BCUT2D eigenvalue weighted by molar-refractivity contribution is 0.0922. The fraction of sp³-hybridized carbons (Fsp3) is 0.444. The number of nitrogen functional groups attached to an aromatic ring is 2. The molecule has 0 aromatic carbocycles. The molecule has 2 amide bonds. The average molecular weight is 386 g/mol. The summed E-state index contributed by atoms with van der Waals surface area (Å²) in [4.78, 5) is 41.0. The normalized spacial score (nSPS) is 10.6. The number of carbonyl (C=O) groups is 2. The summed E-state index contributed by atoms with van der Waals surface area (Å²) in [6.07, 6.45) is 1.30. The Morgan fingerprint density at radius 3 is 1.43 bits per heavy atom. The van der Waals surface area contributed by atoms with Crippen LogP contribution in [0.4, 0.5) is 11.9 Å². The molecule has 2 aromatic heterocycles. The van der Waals surface area contributed by atoms with Crippen molar-refractivity contribution in [1.29, 1.82) is 0 Å². The zero-order valence-corrected chi connectivity index (χ0v) is 16.6. The summed E-state index contributed by atoms with van der Waals surface area (Å²) in [7, 11) is 0. The van der Waals surface area contributed by atoms with Crippen molar-refractivity contribution in [2.24, 2.45) is 0 Å². The molecule has 10 nitrogen and oxygen atoms in total.